The van der Waals surface area contributed by atoms with E-state index in [2.05, 4.69) is 20.5 Å². The molecular formula is C12H22N4O2. The molecule has 0 aromatic rings. The van der Waals surface area contributed by atoms with Crippen LogP contribution in [-0.4, -0.2) is 44.9 Å². The number of hydrazine groups is 1. The molecule has 18 heavy (non-hydrogen) atoms. The lowest BCUT2D eigenvalue weighted by molar-refractivity contribution is -0.132. The smallest absolute Gasteiger partial charge is 0.356 e. The van der Waals surface area contributed by atoms with Crippen LogP contribution in [0.3, 0.4) is 0 Å². The number of esters is 1. The number of ether oxygens (including phenoxy) is 1. The fourth-order valence-corrected chi connectivity index (χ4v) is 1.34. The molecule has 102 valence electrons. The Morgan fingerprint density at radius 1 is 1.44 bits per heavy atom. The Bertz CT molecular complexity index is 372. The number of hydrogen-bond acceptors (Lipinski definition) is 6. The first kappa shape index (κ1) is 16.3. The number of hydrogen-bond donors (Lipinski definition) is 2. The summed E-state index contributed by atoms with van der Waals surface area (Å²) in [5.74, 6) is 0.252. The Morgan fingerprint density at radius 3 is 2.39 bits per heavy atom. The molecule has 1 rings (SSSR count). The third-order valence-electron chi connectivity index (χ3n) is 2.04. The zero-order valence-electron chi connectivity index (χ0n) is 11.9. The summed E-state index contributed by atoms with van der Waals surface area (Å²) in [7, 11) is 6.88. The number of carbonyl (C=O) groups is 1. The SMILES string of the molecule is C/C=C1/N=C(C(=O)OC)C=C(C)N1NC.CNC. The zero-order valence-corrected chi connectivity index (χ0v) is 11.9. The lowest BCUT2D eigenvalue weighted by Gasteiger charge is -2.27. The van der Waals surface area contributed by atoms with Crippen molar-refractivity contribution in [3.63, 3.8) is 0 Å². The number of aliphatic imine (C=N–C) groups is 1. The van der Waals surface area contributed by atoms with Crippen LogP contribution in [0, 0.1) is 0 Å². The second-order valence-electron chi connectivity index (χ2n) is 3.48. The molecule has 0 bridgehead atoms. The van der Waals surface area contributed by atoms with E-state index >= 15 is 0 Å². The largest absolute Gasteiger partial charge is 0.464 e. The number of carbonyl (C=O) groups excluding carboxylic acids is 1. The highest BCUT2D eigenvalue weighted by atomic mass is 16.5. The fraction of sp³-hybridized carbons (Fsp3) is 0.500. The summed E-state index contributed by atoms with van der Waals surface area (Å²) in [4.78, 5) is 15.5. The minimum Gasteiger partial charge on any atom is -0.464 e. The van der Waals surface area contributed by atoms with Crippen molar-refractivity contribution in [1.29, 1.82) is 0 Å². The molecule has 0 unspecified atom stereocenters. The van der Waals surface area contributed by atoms with Crippen LogP contribution in [0.15, 0.2) is 28.7 Å². The predicted molar refractivity (Wildman–Crippen MR) is 72.8 cm³/mol. The van der Waals surface area contributed by atoms with Crippen molar-refractivity contribution >= 4 is 11.7 Å². The first-order chi connectivity index (χ1) is 8.55. The average molecular weight is 254 g/mol. The van der Waals surface area contributed by atoms with Gasteiger partial charge in [0.1, 0.15) is 5.82 Å². The summed E-state index contributed by atoms with van der Waals surface area (Å²) in [5.41, 5.74) is 4.17. The van der Waals surface area contributed by atoms with Gasteiger partial charge in [0.2, 0.25) is 0 Å². The number of allylic oxidation sites excluding steroid dienone is 2. The van der Waals surface area contributed by atoms with Crippen LogP contribution in [0.4, 0.5) is 0 Å². The summed E-state index contributed by atoms with van der Waals surface area (Å²) < 4.78 is 4.62. The van der Waals surface area contributed by atoms with Crippen LogP contribution in [0.1, 0.15) is 13.8 Å². The first-order valence-electron chi connectivity index (χ1n) is 5.63. The minimum atomic E-state index is -0.426. The maximum Gasteiger partial charge on any atom is 0.356 e. The van der Waals surface area contributed by atoms with Crippen molar-refractivity contribution < 1.29 is 9.53 Å². The van der Waals surface area contributed by atoms with Crippen LogP contribution in [0.2, 0.25) is 0 Å². The maximum atomic E-state index is 11.3. The van der Waals surface area contributed by atoms with Crippen LogP contribution in [0.5, 0.6) is 0 Å². The molecule has 0 atom stereocenters. The van der Waals surface area contributed by atoms with Crippen LogP contribution < -0.4 is 10.7 Å². The third-order valence-corrected chi connectivity index (χ3v) is 2.04. The van der Waals surface area contributed by atoms with Crippen molar-refractivity contribution in [3.05, 3.63) is 23.7 Å². The lowest BCUT2D eigenvalue weighted by Crippen LogP contribution is -2.36. The maximum absolute atomic E-state index is 11.3. The Kier molecular flexibility index (Phi) is 7.66. The minimum absolute atomic E-state index is 0.314. The topological polar surface area (TPSA) is 66.0 Å². The zero-order chi connectivity index (χ0) is 14.1. The van der Waals surface area contributed by atoms with Gasteiger partial charge in [0.15, 0.2) is 5.71 Å². The molecule has 2 N–H and O–H groups in total. The molecule has 1 aliphatic heterocycles. The molecule has 0 amide bonds. The van der Waals surface area contributed by atoms with Gasteiger partial charge in [-0.3, -0.25) is 5.01 Å². The van der Waals surface area contributed by atoms with E-state index in [4.69, 9.17) is 0 Å². The molecule has 6 nitrogen and oxygen atoms in total. The van der Waals surface area contributed by atoms with Crippen LogP contribution in [-0.2, 0) is 9.53 Å². The molecule has 6 heteroatoms. The van der Waals surface area contributed by atoms with E-state index < -0.39 is 5.97 Å². The summed E-state index contributed by atoms with van der Waals surface area (Å²) >= 11 is 0. The van der Waals surface area contributed by atoms with E-state index in [1.807, 2.05) is 34.0 Å². The van der Waals surface area contributed by atoms with Gasteiger partial charge >= 0.3 is 5.97 Å². The van der Waals surface area contributed by atoms with E-state index in [-0.39, 0.29) is 0 Å². The van der Waals surface area contributed by atoms with Gasteiger partial charge in [-0.1, -0.05) is 0 Å². The highest BCUT2D eigenvalue weighted by Gasteiger charge is 2.19. The van der Waals surface area contributed by atoms with Crippen molar-refractivity contribution in [2.24, 2.45) is 4.99 Å². The molecule has 1 heterocycles. The van der Waals surface area contributed by atoms with Gasteiger partial charge in [0.05, 0.1) is 7.11 Å². The number of methoxy groups -OCH3 is 1. The molecule has 0 aliphatic carbocycles. The van der Waals surface area contributed by atoms with Gasteiger partial charge in [-0.25, -0.2) is 15.2 Å². The summed E-state index contributed by atoms with van der Waals surface area (Å²) in [6, 6.07) is 0. The van der Waals surface area contributed by atoms with E-state index in [9.17, 15) is 4.79 Å². The second kappa shape index (κ2) is 8.43. The van der Waals surface area contributed by atoms with Gasteiger partial charge in [-0.2, -0.15) is 0 Å². The average Bonchev–Trinajstić information content (AvgIpc) is 2.37. The Labute approximate surface area is 108 Å². The van der Waals surface area contributed by atoms with Crippen molar-refractivity contribution in [1.82, 2.24) is 15.8 Å². The van der Waals surface area contributed by atoms with Gasteiger partial charge in [0, 0.05) is 12.7 Å². The Balaban J connectivity index is 0.000000873. The monoisotopic (exact) mass is 254 g/mol. The normalized spacial score (nSPS) is 16.6. The van der Waals surface area contributed by atoms with Gasteiger partial charge < -0.3 is 10.1 Å². The summed E-state index contributed by atoms with van der Waals surface area (Å²) in [6.45, 7) is 3.74. The second-order valence-corrected chi connectivity index (χ2v) is 3.48. The molecule has 0 saturated heterocycles. The predicted octanol–water partition coefficient (Wildman–Crippen LogP) is 0.651. The highest BCUT2D eigenvalue weighted by Crippen LogP contribution is 2.16. The van der Waals surface area contributed by atoms with Gasteiger partial charge in [-0.05, 0) is 40.1 Å². The Hall–Kier alpha value is -1.66. The molecule has 0 aromatic carbocycles. The molecular weight excluding hydrogens is 232 g/mol. The highest BCUT2D eigenvalue weighted by molar-refractivity contribution is 6.41. The number of nitrogens with one attached hydrogen (secondary N) is 2. The van der Waals surface area contributed by atoms with E-state index in [0.29, 0.717) is 11.5 Å². The van der Waals surface area contributed by atoms with Crippen molar-refractivity contribution in [2.45, 2.75) is 13.8 Å². The summed E-state index contributed by atoms with van der Waals surface area (Å²) in [5, 5.41) is 4.53. The summed E-state index contributed by atoms with van der Waals surface area (Å²) in [6.07, 6.45) is 3.49. The lowest BCUT2D eigenvalue weighted by atomic mass is 10.2. The molecule has 1 aliphatic rings. The molecule has 0 spiro atoms. The van der Waals surface area contributed by atoms with Crippen LogP contribution in [0.25, 0.3) is 0 Å². The molecule has 0 saturated carbocycles. The van der Waals surface area contributed by atoms with Gasteiger partial charge in [-0.15, -0.1) is 0 Å². The van der Waals surface area contributed by atoms with E-state index in [0.717, 1.165) is 5.70 Å². The third kappa shape index (κ3) is 4.31. The van der Waals surface area contributed by atoms with Crippen molar-refractivity contribution in [3.8, 4) is 0 Å². The first-order valence-corrected chi connectivity index (χ1v) is 5.63. The standard InChI is InChI=1S/C10H15N3O2.C2H7N/c1-5-9-12-8(10(14)15-4)6-7(2)13(9)11-3;1-3-2/h5-6,11H,1-4H3;3H,1-2H3/b9-5-;. The van der Waals surface area contributed by atoms with E-state index in [1.54, 1.807) is 18.1 Å². The number of nitrogens with zero attached hydrogens (tertiary/aromatic N) is 2. The van der Waals surface area contributed by atoms with E-state index in [1.165, 1.54) is 7.11 Å². The molecule has 0 fully saturated rings. The van der Waals surface area contributed by atoms with Crippen LogP contribution >= 0.6 is 0 Å². The van der Waals surface area contributed by atoms with Gasteiger partial charge in [0.25, 0.3) is 0 Å². The fourth-order valence-electron chi connectivity index (χ4n) is 1.34. The number of rotatable bonds is 2. The van der Waals surface area contributed by atoms with Crippen molar-refractivity contribution in [2.75, 3.05) is 28.3 Å². The Morgan fingerprint density at radius 2 is 2.00 bits per heavy atom. The molecule has 0 aromatic heterocycles. The quantitative estimate of drug-likeness (QED) is 0.708. The molecule has 0 radical (unpaired) electrons.